The van der Waals surface area contributed by atoms with Crippen LogP contribution in [0.25, 0.3) is 0 Å². The molecule has 1 aliphatic carbocycles. The summed E-state index contributed by atoms with van der Waals surface area (Å²) in [6.45, 7) is 4.42. The summed E-state index contributed by atoms with van der Waals surface area (Å²) in [6, 6.07) is 18.6. The zero-order chi connectivity index (χ0) is 20.5. The van der Waals surface area contributed by atoms with E-state index in [0.717, 1.165) is 24.8 Å². The first-order chi connectivity index (χ1) is 13.8. The van der Waals surface area contributed by atoms with Gasteiger partial charge in [0.25, 0.3) is 0 Å². The third-order valence-corrected chi connectivity index (χ3v) is 8.32. The average molecular weight is 417 g/mol. The van der Waals surface area contributed by atoms with Crippen molar-refractivity contribution in [1.29, 1.82) is 0 Å². The lowest BCUT2D eigenvalue weighted by atomic mass is 9.71. The standard InChI is InChI=1S/C23H28O5S/c1-22(26-16-18-9-5-3-6-10-18)14-13-19-15-21(22)27-28-23(19,2)17-29(24,25)20-11-7-4-8-12-20/h3-12,19,21H,13-17H2,1-2H3/t19?,21?,22?,23-/m1/s1. The Morgan fingerprint density at radius 2 is 1.69 bits per heavy atom. The van der Waals surface area contributed by atoms with Crippen molar-refractivity contribution in [3.05, 3.63) is 66.2 Å². The molecule has 2 bridgehead atoms. The van der Waals surface area contributed by atoms with Gasteiger partial charge in [-0.15, -0.1) is 0 Å². The molecular formula is C23H28O5S. The zero-order valence-electron chi connectivity index (χ0n) is 16.9. The van der Waals surface area contributed by atoms with Crippen LogP contribution < -0.4 is 0 Å². The second-order valence-corrected chi connectivity index (χ2v) is 10.6. The predicted octanol–water partition coefficient (Wildman–Crippen LogP) is 4.33. The summed E-state index contributed by atoms with van der Waals surface area (Å²) >= 11 is 0. The highest BCUT2D eigenvalue weighted by atomic mass is 32.2. The maximum atomic E-state index is 12.9. The van der Waals surface area contributed by atoms with Crippen molar-refractivity contribution in [2.45, 2.75) is 61.9 Å². The maximum absolute atomic E-state index is 12.9. The third-order valence-electron chi connectivity index (χ3n) is 6.38. The average Bonchev–Trinajstić information content (AvgIpc) is 2.72. The minimum absolute atomic E-state index is 0.0943. The molecule has 0 spiro atoms. The van der Waals surface area contributed by atoms with Crippen molar-refractivity contribution in [2.75, 3.05) is 5.75 Å². The third kappa shape index (κ3) is 4.26. The molecule has 1 saturated heterocycles. The van der Waals surface area contributed by atoms with Gasteiger partial charge in [0, 0.05) is 0 Å². The highest BCUT2D eigenvalue weighted by molar-refractivity contribution is 7.91. The summed E-state index contributed by atoms with van der Waals surface area (Å²) in [4.78, 5) is 11.9. The van der Waals surface area contributed by atoms with Gasteiger partial charge >= 0.3 is 0 Å². The van der Waals surface area contributed by atoms with Crippen LogP contribution in [0.2, 0.25) is 0 Å². The van der Waals surface area contributed by atoms with Crippen molar-refractivity contribution in [3.63, 3.8) is 0 Å². The van der Waals surface area contributed by atoms with Crippen LogP contribution in [0.1, 0.15) is 38.7 Å². The monoisotopic (exact) mass is 416 g/mol. The first kappa shape index (κ1) is 20.5. The van der Waals surface area contributed by atoms with Crippen LogP contribution >= 0.6 is 0 Å². The molecular weight excluding hydrogens is 388 g/mol. The Bertz CT molecular complexity index is 930. The summed E-state index contributed by atoms with van der Waals surface area (Å²) in [5.74, 6) is 0.0105. The van der Waals surface area contributed by atoms with Gasteiger partial charge in [-0.25, -0.2) is 18.2 Å². The molecule has 4 rings (SSSR count). The lowest BCUT2D eigenvalue weighted by Gasteiger charge is -2.52. The summed E-state index contributed by atoms with van der Waals surface area (Å²) < 4.78 is 32.0. The molecule has 6 heteroatoms. The maximum Gasteiger partial charge on any atom is 0.181 e. The number of rotatable bonds is 6. The Balaban J connectivity index is 1.43. The number of sulfone groups is 1. The van der Waals surface area contributed by atoms with Crippen molar-refractivity contribution in [1.82, 2.24) is 0 Å². The molecule has 2 aromatic rings. The Hall–Kier alpha value is -1.73. The van der Waals surface area contributed by atoms with E-state index in [4.69, 9.17) is 14.5 Å². The zero-order valence-corrected chi connectivity index (χ0v) is 17.7. The van der Waals surface area contributed by atoms with Gasteiger partial charge in [-0.3, -0.25) is 0 Å². The van der Waals surface area contributed by atoms with E-state index in [0.29, 0.717) is 11.5 Å². The molecule has 0 aromatic heterocycles. The van der Waals surface area contributed by atoms with Crippen LogP contribution in [0.5, 0.6) is 0 Å². The van der Waals surface area contributed by atoms with E-state index in [2.05, 4.69) is 6.92 Å². The van der Waals surface area contributed by atoms with Crippen molar-refractivity contribution >= 4 is 9.84 Å². The lowest BCUT2D eigenvalue weighted by molar-refractivity contribution is -0.444. The predicted molar refractivity (Wildman–Crippen MR) is 110 cm³/mol. The number of hydrogen-bond acceptors (Lipinski definition) is 5. The normalized spacial score (nSPS) is 32.1. The molecule has 1 heterocycles. The molecule has 2 aliphatic rings. The fourth-order valence-electron chi connectivity index (χ4n) is 4.40. The highest BCUT2D eigenvalue weighted by Gasteiger charge is 2.54. The summed E-state index contributed by atoms with van der Waals surface area (Å²) in [5, 5.41) is 0. The van der Waals surface area contributed by atoms with Crippen LogP contribution in [0.3, 0.4) is 0 Å². The van der Waals surface area contributed by atoms with E-state index in [9.17, 15) is 8.42 Å². The van der Waals surface area contributed by atoms with Crippen LogP contribution in [0.15, 0.2) is 65.6 Å². The quantitative estimate of drug-likeness (QED) is 0.656. The van der Waals surface area contributed by atoms with Gasteiger partial charge in [0.15, 0.2) is 9.84 Å². The first-order valence-electron chi connectivity index (χ1n) is 10.1. The van der Waals surface area contributed by atoms with E-state index >= 15 is 0 Å². The molecule has 1 aliphatic heterocycles. The van der Waals surface area contributed by atoms with Crippen LogP contribution in [0, 0.1) is 5.92 Å². The Morgan fingerprint density at radius 3 is 2.38 bits per heavy atom. The second kappa shape index (κ2) is 7.84. The van der Waals surface area contributed by atoms with E-state index in [1.54, 1.807) is 24.3 Å². The molecule has 1 saturated carbocycles. The first-order valence-corrected chi connectivity index (χ1v) is 11.8. The molecule has 156 valence electrons. The molecule has 2 aromatic carbocycles. The number of benzene rings is 2. The number of hydrogen-bond donors (Lipinski definition) is 0. The van der Waals surface area contributed by atoms with Crippen LogP contribution in [0.4, 0.5) is 0 Å². The summed E-state index contributed by atoms with van der Waals surface area (Å²) in [5.41, 5.74) is -0.205. The van der Waals surface area contributed by atoms with E-state index in [1.165, 1.54) is 0 Å². The largest absolute Gasteiger partial charge is 0.368 e. The van der Waals surface area contributed by atoms with Crippen LogP contribution in [-0.2, 0) is 31.0 Å². The summed E-state index contributed by atoms with van der Waals surface area (Å²) in [6.07, 6.45) is 2.16. The Kier molecular flexibility index (Phi) is 5.55. The number of fused-ring (bicyclic) bond motifs is 2. The molecule has 0 radical (unpaired) electrons. The van der Waals surface area contributed by atoms with E-state index < -0.39 is 21.0 Å². The molecule has 4 atom stereocenters. The lowest BCUT2D eigenvalue weighted by Crippen LogP contribution is -2.59. The SMILES string of the molecule is CC1(OCc2ccccc2)CCC2CC1OO[C@]2(C)CS(=O)(=O)c1ccccc1. The van der Waals surface area contributed by atoms with Gasteiger partial charge in [-0.1, -0.05) is 48.5 Å². The van der Waals surface area contributed by atoms with Gasteiger partial charge in [0.2, 0.25) is 0 Å². The smallest absolute Gasteiger partial charge is 0.181 e. The van der Waals surface area contributed by atoms with E-state index in [-0.39, 0.29) is 17.8 Å². The van der Waals surface area contributed by atoms with Gasteiger partial charge in [0.05, 0.1) is 22.9 Å². The molecule has 29 heavy (non-hydrogen) atoms. The van der Waals surface area contributed by atoms with E-state index in [1.807, 2.05) is 43.3 Å². The highest BCUT2D eigenvalue weighted by Crippen LogP contribution is 2.47. The van der Waals surface area contributed by atoms with Gasteiger partial charge in [0.1, 0.15) is 11.7 Å². The minimum atomic E-state index is -3.47. The topological polar surface area (TPSA) is 61.8 Å². The Labute approximate surface area is 172 Å². The fourth-order valence-corrected chi connectivity index (χ4v) is 6.17. The summed E-state index contributed by atoms with van der Waals surface area (Å²) in [7, 11) is -3.47. The van der Waals surface area contributed by atoms with Crippen molar-refractivity contribution in [3.8, 4) is 0 Å². The number of ether oxygens (including phenoxy) is 1. The second-order valence-electron chi connectivity index (χ2n) is 8.61. The molecule has 0 amide bonds. The van der Waals surface area contributed by atoms with Gasteiger partial charge in [-0.05, 0) is 56.7 Å². The fraction of sp³-hybridized carbons (Fsp3) is 0.478. The van der Waals surface area contributed by atoms with Crippen molar-refractivity contribution < 1.29 is 22.9 Å². The van der Waals surface area contributed by atoms with Crippen molar-refractivity contribution in [2.24, 2.45) is 5.92 Å². The molecule has 3 unspecified atom stereocenters. The van der Waals surface area contributed by atoms with Gasteiger partial charge in [-0.2, -0.15) is 0 Å². The van der Waals surface area contributed by atoms with Gasteiger partial charge < -0.3 is 4.74 Å². The molecule has 5 nitrogen and oxygen atoms in total. The Morgan fingerprint density at radius 1 is 1.03 bits per heavy atom. The van der Waals surface area contributed by atoms with Crippen LogP contribution in [-0.4, -0.2) is 31.5 Å². The molecule has 2 fully saturated rings. The molecule has 0 N–H and O–H groups in total. The minimum Gasteiger partial charge on any atom is -0.368 e.